The van der Waals surface area contributed by atoms with E-state index < -0.39 is 0 Å². The van der Waals surface area contributed by atoms with Crippen LogP contribution in [0, 0.1) is 0 Å². The molecule has 0 saturated heterocycles. The maximum absolute atomic E-state index is 11.3. The molecule has 0 spiro atoms. The Balaban J connectivity index is 2.49. The molecule has 0 aliphatic carbocycles. The molecule has 0 radical (unpaired) electrons. The van der Waals surface area contributed by atoms with Crippen LogP contribution in [0.3, 0.4) is 0 Å². The molecule has 0 aromatic carbocycles. The Bertz CT molecular complexity index is 365. The number of rotatable bonds is 6. The lowest BCUT2D eigenvalue weighted by Gasteiger charge is -2.17. The van der Waals surface area contributed by atoms with Crippen molar-refractivity contribution in [3.8, 4) is 0 Å². The van der Waals surface area contributed by atoms with E-state index in [1.807, 2.05) is 7.05 Å². The van der Waals surface area contributed by atoms with E-state index in [0.717, 1.165) is 24.6 Å². The van der Waals surface area contributed by atoms with Crippen molar-refractivity contribution in [1.82, 2.24) is 9.88 Å². The molecule has 0 bridgehead atoms. The molecule has 1 aromatic heterocycles. The van der Waals surface area contributed by atoms with Gasteiger partial charge in [-0.1, -0.05) is 11.3 Å². The summed E-state index contributed by atoms with van der Waals surface area (Å²) >= 11 is 1.36. The number of hydrogen-bond acceptors (Lipinski definition) is 6. The van der Waals surface area contributed by atoms with E-state index in [-0.39, 0.29) is 5.97 Å². The van der Waals surface area contributed by atoms with Gasteiger partial charge in [-0.3, -0.25) is 0 Å². The van der Waals surface area contributed by atoms with Gasteiger partial charge in [0.05, 0.1) is 13.3 Å². The predicted octanol–water partition coefficient (Wildman–Crippen LogP) is 1.32. The zero-order chi connectivity index (χ0) is 12.8. The maximum Gasteiger partial charge on any atom is 0.349 e. The summed E-state index contributed by atoms with van der Waals surface area (Å²) in [6, 6.07) is 0. The summed E-state index contributed by atoms with van der Waals surface area (Å²) in [7, 11) is 7.47. The third-order valence-electron chi connectivity index (χ3n) is 2.31. The molecule has 17 heavy (non-hydrogen) atoms. The van der Waals surface area contributed by atoms with Gasteiger partial charge in [-0.2, -0.15) is 0 Å². The summed E-state index contributed by atoms with van der Waals surface area (Å²) < 4.78 is 4.65. The molecule has 1 heterocycles. The maximum atomic E-state index is 11.3. The number of anilines is 1. The van der Waals surface area contributed by atoms with Crippen molar-refractivity contribution in [2.45, 2.75) is 6.42 Å². The highest BCUT2D eigenvalue weighted by Crippen LogP contribution is 2.21. The van der Waals surface area contributed by atoms with Crippen LogP contribution in [0.15, 0.2) is 6.20 Å². The molecular weight excluding hydrogens is 238 g/mol. The van der Waals surface area contributed by atoms with Gasteiger partial charge < -0.3 is 14.5 Å². The van der Waals surface area contributed by atoms with Gasteiger partial charge in [-0.05, 0) is 27.1 Å². The molecule has 1 rings (SSSR count). The molecular formula is C11H19N3O2S. The van der Waals surface area contributed by atoms with Crippen molar-refractivity contribution in [2.24, 2.45) is 0 Å². The predicted molar refractivity (Wildman–Crippen MR) is 69.9 cm³/mol. The van der Waals surface area contributed by atoms with Crippen molar-refractivity contribution in [2.75, 3.05) is 46.2 Å². The molecule has 96 valence electrons. The fourth-order valence-corrected chi connectivity index (χ4v) is 2.18. The lowest BCUT2D eigenvalue weighted by atomic mass is 10.4. The van der Waals surface area contributed by atoms with Gasteiger partial charge in [0.1, 0.15) is 4.88 Å². The largest absolute Gasteiger partial charge is 0.465 e. The second-order valence-corrected chi connectivity index (χ2v) is 5.09. The Labute approximate surface area is 106 Å². The van der Waals surface area contributed by atoms with Crippen LogP contribution >= 0.6 is 11.3 Å². The van der Waals surface area contributed by atoms with Gasteiger partial charge in [0.2, 0.25) is 0 Å². The normalized spacial score (nSPS) is 10.6. The SMILES string of the molecule is COC(=O)c1cnc(N(C)CCCN(C)C)s1. The lowest BCUT2D eigenvalue weighted by molar-refractivity contribution is 0.0606. The highest BCUT2D eigenvalue weighted by Gasteiger charge is 2.12. The van der Waals surface area contributed by atoms with Crippen molar-refractivity contribution in [3.05, 3.63) is 11.1 Å². The molecule has 0 saturated carbocycles. The Hall–Kier alpha value is -1.14. The number of methoxy groups -OCH3 is 1. The minimum atomic E-state index is -0.324. The summed E-state index contributed by atoms with van der Waals surface area (Å²) in [6.45, 7) is 1.96. The van der Waals surface area contributed by atoms with Crippen LogP contribution in [0.1, 0.15) is 16.1 Å². The molecule has 0 unspecified atom stereocenters. The number of aromatic nitrogens is 1. The second kappa shape index (κ2) is 6.56. The number of hydrogen-bond donors (Lipinski definition) is 0. The van der Waals surface area contributed by atoms with E-state index in [4.69, 9.17) is 0 Å². The monoisotopic (exact) mass is 257 g/mol. The molecule has 1 aromatic rings. The van der Waals surface area contributed by atoms with Crippen molar-refractivity contribution >= 4 is 22.4 Å². The van der Waals surface area contributed by atoms with Crippen LogP contribution in [0.2, 0.25) is 0 Å². The topological polar surface area (TPSA) is 45.7 Å². The molecule has 0 N–H and O–H groups in total. The Morgan fingerprint density at radius 3 is 2.71 bits per heavy atom. The summed E-state index contributed by atoms with van der Waals surface area (Å²) in [5, 5.41) is 0.851. The van der Waals surface area contributed by atoms with Crippen LogP contribution in [-0.4, -0.2) is 57.2 Å². The Kier molecular flexibility index (Phi) is 5.37. The number of thiazole rings is 1. The fourth-order valence-electron chi connectivity index (χ4n) is 1.36. The number of ether oxygens (including phenoxy) is 1. The minimum Gasteiger partial charge on any atom is -0.465 e. The molecule has 0 amide bonds. The number of carbonyl (C=O) groups excluding carboxylic acids is 1. The summed E-state index contributed by atoms with van der Waals surface area (Å²) in [4.78, 5) is 20.2. The van der Waals surface area contributed by atoms with Gasteiger partial charge >= 0.3 is 5.97 Å². The Morgan fingerprint density at radius 2 is 2.12 bits per heavy atom. The fraction of sp³-hybridized carbons (Fsp3) is 0.636. The van der Waals surface area contributed by atoms with Gasteiger partial charge in [0, 0.05) is 13.6 Å². The Morgan fingerprint density at radius 1 is 1.41 bits per heavy atom. The molecule has 0 fully saturated rings. The second-order valence-electron chi connectivity index (χ2n) is 4.08. The van der Waals surface area contributed by atoms with E-state index in [1.165, 1.54) is 18.4 Å². The van der Waals surface area contributed by atoms with Gasteiger partial charge in [0.15, 0.2) is 5.13 Å². The zero-order valence-corrected chi connectivity index (χ0v) is 11.6. The van der Waals surface area contributed by atoms with E-state index >= 15 is 0 Å². The van der Waals surface area contributed by atoms with Crippen molar-refractivity contribution in [3.63, 3.8) is 0 Å². The number of carbonyl (C=O) groups is 1. The van der Waals surface area contributed by atoms with Crippen molar-refractivity contribution < 1.29 is 9.53 Å². The number of nitrogens with zero attached hydrogens (tertiary/aromatic N) is 3. The van der Waals surface area contributed by atoms with Gasteiger partial charge in [-0.25, -0.2) is 9.78 Å². The van der Waals surface area contributed by atoms with Crippen molar-refractivity contribution in [1.29, 1.82) is 0 Å². The first-order valence-electron chi connectivity index (χ1n) is 5.44. The molecule has 5 nitrogen and oxygen atoms in total. The average molecular weight is 257 g/mol. The van der Waals surface area contributed by atoms with Gasteiger partial charge in [0.25, 0.3) is 0 Å². The van der Waals surface area contributed by atoms with Crippen LogP contribution in [0.5, 0.6) is 0 Å². The highest BCUT2D eigenvalue weighted by molar-refractivity contribution is 7.17. The smallest absolute Gasteiger partial charge is 0.349 e. The van der Waals surface area contributed by atoms with Crippen LogP contribution < -0.4 is 4.90 Å². The molecule has 0 aliphatic heterocycles. The van der Waals surface area contributed by atoms with Crippen LogP contribution in [-0.2, 0) is 4.74 Å². The van der Waals surface area contributed by atoms with E-state index in [2.05, 4.69) is 33.6 Å². The highest BCUT2D eigenvalue weighted by atomic mass is 32.1. The third kappa shape index (κ3) is 4.32. The summed E-state index contributed by atoms with van der Waals surface area (Å²) in [6.07, 6.45) is 2.63. The third-order valence-corrected chi connectivity index (χ3v) is 3.40. The van der Waals surface area contributed by atoms with E-state index in [0.29, 0.717) is 4.88 Å². The first-order valence-corrected chi connectivity index (χ1v) is 6.26. The summed E-state index contributed by atoms with van der Waals surface area (Å²) in [5.41, 5.74) is 0. The zero-order valence-electron chi connectivity index (χ0n) is 10.8. The standard InChI is InChI=1S/C11H19N3O2S/c1-13(2)6-5-7-14(3)11-12-8-9(17-11)10(15)16-4/h8H,5-7H2,1-4H3. The minimum absolute atomic E-state index is 0.324. The van der Waals surface area contributed by atoms with Gasteiger partial charge in [-0.15, -0.1) is 0 Å². The number of esters is 1. The molecule has 0 aliphatic rings. The summed E-state index contributed by atoms with van der Waals surface area (Å²) in [5.74, 6) is -0.324. The average Bonchev–Trinajstić information content (AvgIpc) is 2.76. The van der Waals surface area contributed by atoms with E-state index in [9.17, 15) is 4.79 Å². The van der Waals surface area contributed by atoms with E-state index in [1.54, 1.807) is 6.20 Å². The first kappa shape index (κ1) is 13.9. The lowest BCUT2D eigenvalue weighted by Crippen LogP contribution is -2.23. The first-order chi connectivity index (χ1) is 8.04. The quantitative estimate of drug-likeness (QED) is 0.719. The molecule has 6 heteroatoms. The molecule has 0 atom stereocenters. The van der Waals surface area contributed by atoms with Crippen LogP contribution in [0.25, 0.3) is 0 Å². The van der Waals surface area contributed by atoms with Crippen LogP contribution in [0.4, 0.5) is 5.13 Å².